The SMILES string of the molecule is CCC(C(=O)NC)N(Cc1ccccc1C)C(=O)CN(c1ccc(C)cc1)S(=O)(=O)c1ccc(SC)cc1. The van der Waals surface area contributed by atoms with E-state index in [0.29, 0.717) is 12.1 Å². The van der Waals surface area contributed by atoms with E-state index in [1.807, 2.05) is 63.4 Å². The van der Waals surface area contributed by atoms with Crippen LogP contribution in [0.1, 0.15) is 30.0 Å². The summed E-state index contributed by atoms with van der Waals surface area (Å²) in [6.45, 7) is 5.42. The van der Waals surface area contributed by atoms with E-state index < -0.39 is 28.5 Å². The molecule has 202 valence electrons. The number of benzene rings is 3. The highest BCUT2D eigenvalue weighted by Gasteiger charge is 2.33. The van der Waals surface area contributed by atoms with Crippen LogP contribution in [0.4, 0.5) is 5.69 Å². The minimum Gasteiger partial charge on any atom is -0.357 e. The third kappa shape index (κ3) is 6.76. The first-order valence-electron chi connectivity index (χ1n) is 12.4. The lowest BCUT2D eigenvalue weighted by atomic mass is 10.1. The molecule has 38 heavy (non-hydrogen) atoms. The predicted molar refractivity (Wildman–Crippen MR) is 154 cm³/mol. The van der Waals surface area contributed by atoms with Crippen molar-refractivity contribution in [2.45, 2.75) is 49.6 Å². The summed E-state index contributed by atoms with van der Waals surface area (Å²) >= 11 is 1.51. The van der Waals surface area contributed by atoms with Crippen LogP contribution in [-0.2, 0) is 26.2 Å². The number of carbonyl (C=O) groups is 2. The fraction of sp³-hybridized carbons (Fsp3) is 0.310. The lowest BCUT2D eigenvalue weighted by Gasteiger charge is -2.33. The third-order valence-electron chi connectivity index (χ3n) is 6.48. The largest absolute Gasteiger partial charge is 0.357 e. The second-order valence-electron chi connectivity index (χ2n) is 9.01. The van der Waals surface area contributed by atoms with Gasteiger partial charge in [-0.15, -0.1) is 11.8 Å². The maximum Gasteiger partial charge on any atom is 0.264 e. The van der Waals surface area contributed by atoms with Crippen molar-refractivity contribution >= 4 is 39.3 Å². The van der Waals surface area contributed by atoms with Crippen LogP contribution < -0.4 is 9.62 Å². The number of hydrogen-bond acceptors (Lipinski definition) is 5. The van der Waals surface area contributed by atoms with Crippen molar-refractivity contribution in [1.29, 1.82) is 0 Å². The molecule has 3 aromatic rings. The van der Waals surface area contributed by atoms with Crippen LogP contribution in [0.2, 0.25) is 0 Å². The van der Waals surface area contributed by atoms with Crippen molar-refractivity contribution in [3.8, 4) is 0 Å². The maximum atomic E-state index is 13.9. The summed E-state index contributed by atoms with van der Waals surface area (Å²) in [5, 5.41) is 2.64. The molecule has 7 nitrogen and oxygen atoms in total. The number of anilines is 1. The van der Waals surface area contributed by atoms with Crippen LogP contribution in [0.15, 0.2) is 82.6 Å². The molecule has 0 saturated carbocycles. The third-order valence-corrected chi connectivity index (χ3v) is 9.01. The van der Waals surface area contributed by atoms with E-state index in [-0.39, 0.29) is 17.3 Å². The zero-order valence-electron chi connectivity index (χ0n) is 22.5. The molecule has 1 N–H and O–H groups in total. The first-order valence-corrected chi connectivity index (χ1v) is 15.1. The first-order chi connectivity index (χ1) is 18.1. The van der Waals surface area contributed by atoms with Crippen LogP contribution in [0.5, 0.6) is 0 Å². The van der Waals surface area contributed by atoms with Gasteiger partial charge in [0.15, 0.2) is 0 Å². The number of amides is 2. The van der Waals surface area contributed by atoms with E-state index >= 15 is 0 Å². The number of carbonyl (C=O) groups excluding carboxylic acids is 2. The van der Waals surface area contributed by atoms with Crippen molar-refractivity contribution < 1.29 is 18.0 Å². The quantitative estimate of drug-likeness (QED) is 0.346. The van der Waals surface area contributed by atoms with Gasteiger partial charge in [-0.25, -0.2) is 8.42 Å². The van der Waals surface area contributed by atoms with Gasteiger partial charge in [0.1, 0.15) is 12.6 Å². The second-order valence-corrected chi connectivity index (χ2v) is 11.8. The Labute approximate surface area is 230 Å². The highest BCUT2D eigenvalue weighted by molar-refractivity contribution is 7.98. The van der Waals surface area contributed by atoms with Crippen LogP contribution >= 0.6 is 11.8 Å². The summed E-state index contributed by atoms with van der Waals surface area (Å²) in [4.78, 5) is 29.2. The van der Waals surface area contributed by atoms with Crippen molar-refractivity contribution in [3.05, 3.63) is 89.5 Å². The molecule has 0 radical (unpaired) electrons. The molecular weight excluding hydrogens is 518 g/mol. The lowest BCUT2D eigenvalue weighted by molar-refractivity contribution is -0.140. The minimum atomic E-state index is -4.08. The molecule has 0 aliphatic carbocycles. The molecule has 1 unspecified atom stereocenters. The summed E-state index contributed by atoms with van der Waals surface area (Å²) in [6, 6.07) is 20.5. The van der Waals surface area contributed by atoms with Gasteiger partial charge in [-0.2, -0.15) is 0 Å². The van der Waals surface area contributed by atoms with Crippen LogP contribution in [0, 0.1) is 13.8 Å². The van der Waals surface area contributed by atoms with Gasteiger partial charge in [0, 0.05) is 18.5 Å². The van der Waals surface area contributed by atoms with E-state index in [0.717, 1.165) is 25.9 Å². The van der Waals surface area contributed by atoms with Crippen molar-refractivity contribution in [2.24, 2.45) is 0 Å². The van der Waals surface area contributed by atoms with Gasteiger partial charge in [0.25, 0.3) is 10.0 Å². The highest BCUT2D eigenvalue weighted by Crippen LogP contribution is 2.27. The van der Waals surface area contributed by atoms with E-state index in [4.69, 9.17) is 0 Å². The average molecular weight is 554 g/mol. The van der Waals surface area contributed by atoms with Crippen LogP contribution in [-0.4, -0.2) is 51.0 Å². The Balaban J connectivity index is 2.06. The van der Waals surface area contributed by atoms with Gasteiger partial charge in [0.05, 0.1) is 10.6 Å². The molecule has 0 aliphatic rings. The monoisotopic (exact) mass is 553 g/mol. The number of aryl methyl sites for hydroxylation is 2. The zero-order chi connectivity index (χ0) is 27.9. The topological polar surface area (TPSA) is 86.8 Å². The second kappa shape index (κ2) is 13.0. The molecule has 0 aliphatic heterocycles. The molecule has 1 atom stereocenters. The summed E-state index contributed by atoms with van der Waals surface area (Å²) < 4.78 is 28.9. The Morgan fingerprint density at radius 2 is 1.58 bits per heavy atom. The minimum absolute atomic E-state index is 0.0903. The first kappa shape index (κ1) is 29.3. The molecule has 0 bridgehead atoms. The smallest absolute Gasteiger partial charge is 0.264 e. The molecule has 0 spiro atoms. The number of nitrogens with one attached hydrogen (secondary N) is 1. The predicted octanol–water partition coefficient (Wildman–Crippen LogP) is 4.77. The highest BCUT2D eigenvalue weighted by atomic mass is 32.2. The average Bonchev–Trinajstić information content (AvgIpc) is 2.92. The standard InChI is InChI=1S/C29H35N3O4S2/c1-6-27(29(34)30-4)31(19-23-10-8-7-9-22(23)3)28(33)20-32(24-13-11-21(2)12-14-24)38(35,36)26-17-15-25(37-5)16-18-26/h7-18,27H,6,19-20H2,1-5H3,(H,30,34). The molecule has 9 heteroatoms. The zero-order valence-corrected chi connectivity index (χ0v) is 24.1. The van der Waals surface area contributed by atoms with Gasteiger partial charge >= 0.3 is 0 Å². The van der Waals surface area contributed by atoms with Gasteiger partial charge < -0.3 is 10.2 Å². The molecule has 0 fully saturated rings. The van der Waals surface area contributed by atoms with Crippen molar-refractivity contribution in [3.63, 3.8) is 0 Å². The van der Waals surface area contributed by atoms with Gasteiger partial charge in [-0.05, 0) is 74.0 Å². The molecule has 0 saturated heterocycles. The number of thioether (sulfide) groups is 1. The molecule has 2 amide bonds. The Bertz CT molecular complexity index is 1360. The Hall–Kier alpha value is -3.30. The summed E-state index contributed by atoms with van der Waals surface area (Å²) in [6.07, 6.45) is 2.30. The van der Waals surface area contributed by atoms with E-state index in [1.165, 1.54) is 23.7 Å². The summed E-state index contributed by atoms with van der Waals surface area (Å²) in [5.74, 6) is -0.764. The molecule has 3 rings (SSSR count). The van der Waals surface area contributed by atoms with Gasteiger partial charge in [0.2, 0.25) is 11.8 Å². The Morgan fingerprint density at radius 3 is 2.13 bits per heavy atom. The van der Waals surface area contributed by atoms with E-state index in [1.54, 1.807) is 36.4 Å². The fourth-order valence-corrected chi connectivity index (χ4v) is 5.99. The normalized spacial score (nSPS) is 12.0. The summed E-state index contributed by atoms with van der Waals surface area (Å²) in [5.41, 5.74) is 3.21. The summed E-state index contributed by atoms with van der Waals surface area (Å²) in [7, 11) is -2.55. The van der Waals surface area contributed by atoms with E-state index in [2.05, 4.69) is 5.32 Å². The number of nitrogens with zero attached hydrogens (tertiary/aromatic N) is 2. The van der Waals surface area contributed by atoms with Gasteiger partial charge in [-0.1, -0.05) is 48.9 Å². The molecule has 3 aromatic carbocycles. The fourth-order valence-electron chi connectivity index (χ4n) is 4.17. The van der Waals surface area contributed by atoms with E-state index in [9.17, 15) is 18.0 Å². The molecule has 0 aromatic heterocycles. The number of sulfonamides is 1. The van der Waals surface area contributed by atoms with Crippen LogP contribution in [0.3, 0.4) is 0 Å². The Morgan fingerprint density at radius 1 is 0.947 bits per heavy atom. The molecule has 0 heterocycles. The Kier molecular flexibility index (Phi) is 9.99. The number of hydrogen-bond donors (Lipinski definition) is 1. The lowest BCUT2D eigenvalue weighted by Crippen LogP contribution is -2.51. The van der Waals surface area contributed by atoms with Crippen molar-refractivity contribution in [2.75, 3.05) is 24.2 Å². The maximum absolute atomic E-state index is 13.9. The molecular formula is C29H35N3O4S2. The number of likely N-dealkylation sites (N-methyl/N-ethyl adjacent to an activating group) is 1. The van der Waals surface area contributed by atoms with Crippen LogP contribution in [0.25, 0.3) is 0 Å². The number of rotatable bonds is 11. The van der Waals surface area contributed by atoms with Gasteiger partial charge in [-0.3, -0.25) is 13.9 Å². The van der Waals surface area contributed by atoms with Crippen molar-refractivity contribution in [1.82, 2.24) is 10.2 Å².